The highest BCUT2D eigenvalue weighted by atomic mass is 31.1. The Bertz CT molecular complexity index is 493. The lowest BCUT2D eigenvalue weighted by Crippen LogP contribution is -2.02. The highest BCUT2D eigenvalue weighted by Crippen LogP contribution is 2.34. The molecule has 2 aromatic carbocycles. The lowest BCUT2D eigenvalue weighted by atomic mass is 10.1. The van der Waals surface area contributed by atoms with E-state index in [4.69, 9.17) is 0 Å². The van der Waals surface area contributed by atoms with E-state index in [1.165, 1.54) is 5.56 Å². The molecule has 0 amide bonds. The van der Waals surface area contributed by atoms with Crippen molar-refractivity contribution < 1.29 is 4.79 Å². The molecule has 92 valence electrons. The molecular formula is C16H17OP. The third-order valence-corrected chi connectivity index (χ3v) is 4.44. The number of ketones is 1. The first-order valence-corrected chi connectivity index (χ1v) is 7.42. The second-order valence-electron chi connectivity index (χ2n) is 4.30. The molecule has 0 heterocycles. The molecule has 0 spiro atoms. The SMILES string of the molecule is CC(PCC(=O)c1ccccc1)c1ccccc1. The summed E-state index contributed by atoms with van der Waals surface area (Å²) in [5.41, 5.74) is 2.60. The third kappa shape index (κ3) is 3.51. The summed E-state index contributed by atoms with van der Waals surface area (Å²) in [6.45, 7) is 2.19. The van der Waals surface area contributed by atoms with Crippen LogP contribution in [0.2, 0.25) is 0 Å². The van der Waals surface area contributed by atoms with Gasteiger partial charge in [-0.15, -0.1) is 8.58 Å². The van der Waals surface area contributed by atoms with E-state index in [1.807, 2.05) is 36.4 Å². The van der Waals surface area contributed by atoms with Crippen LogP contribution in [-0.2, 0) is 0 Å². The fourth-order valence-electron chi connectivity index (χ4n) is 1.83. The van der Waals surface area contributed by atoms with Gasteiger partial charge in [-0.05, 0) is 11.2 Å². The van der Waals surface area contributed by atoms with Gasteiger partial charge in [0, 0.05) is 11.7 Å². The van der Waals surface area contributed by atoms with E-state index in [1.54, 1.807) is 0 Å². The van der Waals surface area contributed by atoms with Gasteiger partial charge in [-0.2, -0.15) is 0 Å². The van der Waals surface area contributed by atoms with Gasteiger partial charge in [0.25, 0.3) is 0 Å². The molecule has 2 aromatic rings. The summed E-state index contributed by atoms with van der Waals surface area (Å²) < 4.78 is 0. The van der Waals surface area contributed by atoms with E-state index in [0.29, 0.717) is 20.4 Å². The lowest BCUT2D eigenvalue weighted by Gasteiger charge is -2.11. The van der Waals surface area contributed by atoms with Gasteiger partial charge in [-0.25, -0.2) is 0 Å². The summed E-state index contributed by atoms with van der Waals surface area (Å²) in [5.74, 6) is 0.247. The summed E-state index contributed by atoms with van der Waals surface area (Å²) in [7, 11) is 0.640. The Labute approximate surface area is 110 Å². The van der Waals surface area contributed by atoms with Crippen LogP contribution >= 0.6 is 8.58 Å². The van der Waals surface area contributed by atoms with Crippen molar-refractivity contribution in [3.05, 3.63) is 71.8 Å². The highest BCUT2D eigenvalue weighted by Gasteiger charge is 2.09. The number of benzene rings is 2. The fourth-order valence-corrected chi connectivity index (χ4v) is 2.96. The van der Waals surface area contributed by atoms with Gasteiger partial charge < -0.3 is 0 Å². The molecule has 0 aliphatic carbocycles. The molecule has 0 radical (unpaired) electrons. The molecule has 1 nitrogen and oxygen atoms in total. The van der Waals surface area contributed by atoms with Crippen LogP contribution in [0.25, 0.3) is 0 Å². The standard InChI is InChI=1S/C16H17OP/c1-13(14-8-4-2-5-9-14)18-12-16(17)15-10-6-3-7-11-15/h2-11,13,18H,12H2,1H3. The quantitative estimate of drug-likeness (QED) is 0.575. The summed E-state index contributed by atoms with van der Waals surface area (Å²) in [6, 6.07) is 19.9. The molecule has 2 heteroatoms. The van der Waals surface area contributed by atoms with Crippen LogP contribution in [0, 0.1) is 0 Å². The maximum Gasteiger partial charge on any atom is 0.166 e. The number of hydrogen-bond donors (Lipinski definition) is 0. The number of rotatable bonds is 5. The maximum absolute atomic E-state index is 12.0. The van der Waals surface area contributed by atoms with E-state index >= 15 is 0 Å². The van der Waals surface area contributed by atoms with Gasteiger partial charge in [0.15, 0.2) is 5.78 Å². The molecule has 0 saturated carbocycles. The number of carbonyl (C=O) groups is 1. The predicted octanol–water partition coefficient (Wildman–Crippen LogP) is 4.31. The molecule has 0 aromatic heterocycles. The lowest BCUT2D eigenvalue weighted by molar-refractivity contribution is 0.102. The average molecular weight is 256 g/mol. The molecule has 18 heavy (non-hydrogen) atoms. The number of carbonyl (C=O) groups excluding carboxylic acids is 1. The second kappa shape index (κ2) is 6.47. The summed E-state index contributed by atoms with van der Waals surface area (Å²) in [6.07, 6.45) is 0.639. The molecule has 0 bridgehead atoms. The molecule has 0 saturated heterocycles. The minimum absolute atomic E-state index is 0.247. The molecule has 0 aliphatic heterocycles. The second-order valence-corrected chi connectivity index (χ2v) is 5.93. The minimum atomic E-state index is 0.247. The number of Topliss-reactive ketones (excluding diaryl/α,β-unsaturated/α-hetero) is 1. The van der Waals surface area contributed by atoms with Gasteiger partial charge in [-0.1, -0.05) is 67.6 Å². The summed E-state index contributed by atoms with van der Waals surface area (Å²) in [4.78, 5) is 12.0. The Morgan fingerprint density at radius 3 is 2.17 bits per heavy atom. The van der Waals surface area contributed by atoms with Gasteiger partial charge in [0.05, 0.1) is 0 Å². The third-order valence-electron chi connectivity index (χ3n) is 2.96. The van der Waals surface area contributed by atoms with Crippen molar-refractivity contribution in [3.8, 4) is 0 Å². The van der Waals surface area contributed by atoms with Crippen LogP contribution in [0.3, 0.4) is 0 Å². The zero-order valence-corrected chi connectivity index (χ0v) is 11.5. The smallest absolute Gasteiger partial charge is 0.166 e. The molecule has 2 atom stereocenters. The van der Waals surface area contributed by atoms with Crippen LogP contribution in [0.15, 0.2) is 60.7 Å². The molecule has 0 fully saturated rings. The molecular weight excluding hydrogens is 239 g/mol. The van der Waals surface area contributed by atoms with Crippen molar-refractivity contribution in [1.29, 1.82) is 0 Å². The monoisotopic (exact) mass is 256 g/mol. The van der Waals surface area contributed by atoms with Crippen molar-refractivity contribution in [2.45, 2.75) is 12.6 Å². The van der Waals surface area contributed by atoms with E-state index < -0.39 is 0 Å². The fraction of sp³-hybridized carbons (Fsp3) is 0.188. The molecule has 2 unspecified atom stereocenters. The van der Waals surface area contributed by atoms with Crippen molar-refractivity contribution in [3.63, 3.8) is 0 Å². The largest absolute Gasteiger partial charge is 0.294 e. The molecule has 0 aliphatic rings. The number of hydrogen-bond acceptors (Lipinski definition) is 1. The van der Waals surface area contributed by atoms with Crippen molar-refractivity contribution >= 4 is 14.4 Å². The van der Waals surface area contributed by atoms with Crippen molar-refractivity contribution in [2.24, 2.45) is 0 Å². The van der Waals surface area contributed by atoms with Crippen LogP contribution < -0.4 is 0 Å². The summed E-state index contributed by atoms with van der Waals surface area (Å²) in [5, 5.41) is 0. The van der Waals surface area contributed by atoms with Crippen molar-refractivity contribution in [1.82, 2.24) is 0 Å². The van der Waals surface area contributed by atoms with Gasteiger partial charge in [0.2, 0.25) is 0 Å². The topological polar surface area (TPSA) is 17.1 Å². The van der Waals surface area contributed by atoms with Gasteiger partial charge in [0.1, 0.15) is 0 Å². The Hall–Kier alpha value is -1.46. The van der Waals surface area contributed by atoms with E-state index in [-0.39, 0.29) is 5.78 Å². The molecule has 2 rings (SSSR count). The zero-order chi connectivity index (χ0) is 12.8. The zero-order valence-electron chi connectivity index (χ0n) is 10.5. The van der Waals surface area contributed by atoms with E-state index in [2.05, 4.69) is 31.2 Å². The highest BCUT2D eigenvalue weighted by molar-refractivity contribution is 7.39. The van der Waals surface area contributed by atoms with Gasteiger partial charge in [-0.3, -0.25) is 4.79 Å². The van der Waals surface area contributed by atoms with E-state index in [9.17, 15) is 4.79 Å². The first-order chi connectivity index (χ1) is 8.77. The first kappa shape index (κ1) is 13.0. The minimum Gasteiger partial charge on any atom is -0.294 e. The predicted molar refractivity (Wildman–Crippen MR) is 78.8 cm³/mol. The average Bonchev–Trinajstić information content (AvgIpc) is 2.46. The molecule has 0 N–H and O–H groups in total. The van der Waals surface area contributed by atoms with E-state index in [0.717, 1.165) is 5.56 Å². The normalized spacial score (nSPS) is 12.7. The Kier molecular flexibility index (Phi) is 4.66. The van der Waals surface area contributed by atoms with Crippen LogP contribution in [-0.4, -0.2) is 11.9 Å². The first-order valence-electron chi connectivity index (χ1n) is 6.14. The Morgan fingerprint density at radius 2 is 1.56 bits per heavy atom. The summed E-state index contributed by atoms with van der Waals surface area (Å²) >= 11 is 0. The van der Waals surface area contributed by atoms with Gasteiger partial charge >= 0.3 is 0 Å². The van der Waals surface area contributed by atoms with Crippen LogP contribution in [0.1, 0.15) is 28.5 Å². The van der Waals surface area contributed by atoms with Crippen molar-refractivity contribution in [2.75, 3.05) is 6.16 Å². The van der Waals surface area contributed by atoms with Crippen LogP contribution in [0.5, 0.6) is 0 Å². The Balaban J connectivity index is 1.91. The Morgan fingerprint density at radius 1 is 1.00 bits per heavy atom. The maximum atomic E-state index is 12.0. The van der Waals surface area contributed by atoms with Crippen LogP contribution in [0.4, 0.5) is 0 Å².